The molecule has 0 N–H and O–H groups in total. The lowest BCUT2D eigenvalue weighted by atomic mass is 10.3. The van der Waals surface area contributed by atoms with E-state index in [0.717, 1.165) is 11.3 Å². The van der Waals surface area contributed by atoms with Crippen LogP contribution in [0, 0.1) is 0 Å². The van der Waals surface area contributed by atoms with Crippen molar-refractivity contribution in [1.82, 2.24) is 9.61 Å². The number of hydrogen-bond acceptors (Lipinski definition) is 3. The van der Waals surface area contributed by atoms with Crippen molar-refractivity contribution >= 4 is 5.52 Å². The summed E-state index contributed by atoms with van der Waals surface area (Å²) < 4.78 is 12.0. The van der Waals surface area contributed by atoms with Gasteiger partial charge >= 0.3 is 0 Å². The third kappa shape index (κ3) is 1.20. The monoisotopic (exact) mass is 178 g/mol. The highest BCUT2D eigenvalue weighted by Crippen LogP contribution is 2.27. The molecule has 0 saturated carbocycles. The van der Waals surface area contributed by atoms with Crippen LogP contribution < -0.4 is 9.47 Å². The van der Waals surface area contributed by atoms with Crippen LogP contribution in [-0.4, -0.2) is 23.8 Å². The van der Waals surface area contributed by atoms with Crippen LogP contribution in [0.15, 0.2) is 24.5 Å². The van der Waals surface area contributed by atoms with E-state index >= 15 is 0 Å². The van der Waals surface area contributed by atoms with Gasteiger partial charge < -0.3 is 9.47 Å². The summed E-state index contributed by atoms with van der Waals surface area (Å²) in [5.41, 5.74) is 0.984. The van der Waals surface area contributed by atoms with Gasteiger partial charge in [0.2, 0.25) is 0 Å². The van der Waals surface area contributed by atoms with Gasteiger partial charge in [-0.25, -0.2) is 4.52 Å². The molecule has 2 aromatic heterocycles. The van der Waals surface area contributed by atoms with Crippen molar-refractivity contribution in [3.63, 3.8) is 0 Å². The molecule has 0 radical (unpaired) electrons. The Morgan fingerprint density at radius 3 is 2.69 bits per heavy atom. The molecule has 0 aliphatic carbocycles. The molecule has 2 heterocycles. The summed E-state index contributed by atoms with van der Waals surface area (Å²) in [6.45, 7) is 0. The summed E-state index contributed by atoms with van der Waals surface area (Å²) in [5.74, 6) is 1.40. The molecule has 0 aromatic carbocycles. The van der Waals surface area contributed by atoms with Crippen molar-refractivity contribution in [3.8, 4) is 11.5 Å². The molecular formula is C9H10N2O2. The van der Waals surface area contributed by atoms with Crippen molar-refractivity contribution in [1.29, 1.82) is 0 Å². The molecule has 0 atom stereocenters. The van der Waals surface area contributed by atoms with E-state index in [1.165, 1.54) is 0 Å². The standard InChI is InChI=1S/C9H10N2O2/c1-12-8-5-7-3-4-10-11(7)6-9(8)13-2/h3-6H,1-2H3. The molecular weight excluding hydrogens is 168 g/mol. The van der Waals surface area contributed by atoms with Gasteiger partial charge in [0.1, 0.15) is 0 Å². The number of fused-ring (bicyclic) bond motifs is 1. The second-order valence-corrected chi connectivity index (χ2v) is 2.61. The van der Waals surface area contributed by atoms with Gasteiger partial charge in [0, 0.05) is 12.3 Å². The van der Waals surface area contributed by atoms with Crippen LogP contribution >= 0.6 is 0 Å². The Morgan fingerprint density at radius 1 is 1.23 bits per heavy atom. The van der Waals surface area contributed by atoms with Crippen molar-refractivity contribution in [2.24, 2.45) is 0 Å². The van der Waals surface area contributed by atoms with E-state index in [9.17, 15) is 0 Å². The zero-order chi connectivity index (χ0) is 9.26. The summed E-state index contributed by atoms with van der Waals surface area (Å²) in [6.07, 6.45) is 3.52. The number of rotatable bonds is 2. The molecule has 2 aromatic rings. The van der Waals surface area contributed by atoms with E-state index in [1.807, 2.05) is 12.1 Å². The van der Waals surface area contributed by atoms with Gasteiger partial charge in [0.15, 0.2) is 11.5 Å². The number of pyridine rings is 1. The summed E-state index contributed by atoms with van der Waals surface area (Å²) in [4.78, 5) is 0. The summed E-state index contributed by atoms with van der Waals surface area (Å²) in [6, 6.07) is 3.79. The number of aromatic nitrogens is 2. The normalized spacial score (nSPS) is 10.3. The average Bonchev–Trinajstić information content (AvgIpc) is 2.62. The molecule has 0 amide bonds. The highest BCUT2D eigenvalue weighted by atomic mass is 16.5. The second kappa shape index (κ2) is 2.97. The molecule has 0 fully saturated rings. The number of hydrogen-bond donors (Lipinski definition) is 0. The first kappa shape index (κ1) is 7.91. The maximum absolute atomic E-state index is 5.15. The van der Waals surface area contributed by atoms with Crippen LogP contribution in [0.2, 0.25) is 0 Å². The Labute approximate surface area is 75.7 Å². The fourth-order valence-corrected chi connectivity index (χ4v) is 1.24. The fraction of sp³-hybridized carbons (Fsp3) is 0.222. The molecule has 4 heteroatoms. The summed E-state index contributed by atoms with van der Waals surface area (Å²) >= 11 is 0. The minimum absolute atomic E-state index is 0.679. The molecule has 0 aliphatic heterocycles. The largest absolute Gasteiger partial charge is 0.493 e. The second-order valence-electron chi connectivity index (χ2n) is 2.61. The van der Waals surface area contributed by atoms with Crippen LogP contribution in [0.3, 0.4) is 0 Å². The van der Waals surface area contributed by atoms with Crippen LogP contribution in [0.1, 0.15) is 0 Å². The maximum atomic E-state index is 5.15. The average molecular weight is 178 g/mol. The topological polar surface area (TPSA) is 35.8 Å². The van der Waals surface area contributed by atoms with E-state index in [0.29, 0.717) is 5.75 Å². The molecule has 4 nitrogen and oxygen atoms in total. The zero-order valence-corrected chi connectivity index (χ0v) is 7.52. The van der Waals surface area contributed by atoms with E-state index in [4.69, 9.17) is 9.47 Å². The van der Waals surface area contributed by atoms with Crippen LogP contribution in [0.5, 0.6) is 11.5 Å². The Balaban J connectivity index is 2.67. The lowest BCUT2D eigenvalue weighted by Crippen LogP contribution is -1.94. The Bertz CT molecular complexity index is 384. The van der Waals surface area contributed by atoms with Crippen LogP contribution in [-0.2, 0) is 0 Å². The lowest BCUT2D eigenvalue weighted by molar-refractivity contribution is 0.353. The van der Waals surface area contributed by atoms with Gasteiger partial charge in [-0.1, -0.05) is 0 Å². The van der Waals surface area contributed by atoms with Crippen molar-refractivity contribution in [2.45, 2.75) is 0 Å². The van der Waals surface area contributed by atoms with Crippen molar-refractivity contribution in [3.05, 3.63) is 24.5 Å². The SMILES string of the molecule is COc1cc2ccnn2cc1OC. The first-order valence-electron chi connectivity index (χ1n) is 3.90. The van der Waals surface area contributed by atoms with Crippen molar-refractivity contribution in [2.75, 3.05) is 14.2 Å². The van der Waals surface area contributed by atoms with E-state index < -0.39 is 0 Å². The predicted molar refractivity (Wildman–Crippen MR) is 48.3 cm³/mol. The molecule has 0 unspecified atom stereocenters. The highest BCUT2D eigenvalue weighted by Gasteiger charge is 2.05. The molecule has 0 bridgehead atoms. The summed E-state index contributed by atoms with van der Waals surface area (Å²) in [7, 11) is 3.22. The van der Waals surface area contributed by atoms with Gasteiger partial charge in [-0.15, -0.1) is 0 Å². The number of methoxy groups -OCH3 is 2. The van der Waals surface area contributed by atoms with Gasteiger partial charge in [0.25, 0.3) is 0 Å². The van der Waals surface area contributed by atoms with E-state index in [2.05, 4.69) is 5.10 Å². The van der Waals surface area contributed by atoms with Gasteiger partial charge in [0.05, 0.1) is 25.9 Å². The van der Waals surface area contributed by atoms with Crippen LogP contribution in [0.4, 0.5) is 0 Å². The molecule has 68 valence electrons. The predicted octanol–water partition coefficient (Wildman–Crippen LogP) is 1.35. The lowest BCUT2D eigenvalue weighted by Gasteiger charge is -2.06. The van der Waals surface area contributed by atoms with E-state index in [1.54, 1.807) is 31.1 Å². The first-order chi connectivity index (χ1) is 6.35. The van der Waals surface area contributed by atoms with Gasteiger partial charge in [-0.05, 0) is 6.07 Å². The van der Waals surface area contributed by atoms with E-state index in [-0.39, 0.29) is 0 Å². The quantitative estimate of drug-likeness (QED) is 0.696. The summed E-state index contributed by atoms with van der Waals surface area (Å²) in [5, 5.41) is 4.08. The number of ether oxygens (including phenoxy) is 2. The van der Waals surface area contributed by atoms with Crippen LogP contribution in [0.25, 0.3) is 5.52 Å². The zero-order valence-electron chi connectivity index (χ0n) is 7.52. The third-order valence-electron chi connectivity index (χ3n) is 1.90. The number of nitrogens with zero attached hydrogens (tertiary/aromatic N) is 2. The fourth-order valence-electron chi connectivity index (χ4n) is 1.24. The van der Waals surface area contributed by atoms with Crippen molar-refractivity contribution < 1.29 is 9.47 Å². The molecule has 0 aliphatic rings. The molecule has 2 rings (SSSR count). The highest BCUT2D eigenvalue weighted by molar-refractivity contribution is 5.55. The third-order valence-corrected chi connectivity index (χ3v) is 1.90. The minimum Gasteiger partial charge on any atom is -0.493 e. The molecule has 13 heavy (non-hydrogen) atoms. The van der Waals surface area contributed by atoms with Gasteiger partial charge in [-0.2, -0.15) is 5.10 Å². The first-order valence-corrected chi connectivity index (χ1v) is 3.90. The Kier molecular flexibility index (Phi) is 1.81. The van der Waals surface area contributed by atoms with Gasteiger partial charge in [-0.3, -0.25) is 0 Å². The molecule has 0 saturated heterocycles. The Morgan fingerprint density at radius 2 is 2.00 bits per heavy atom. The Hall–Kier alpha value is -1.71. The smallest absolute Gasteiger partial charge is 0.179 e. The minimum atomic E-state index is 0.679. The molecule has 0 spiro atoms. The maximum Gasteiger partial charge on any atom is 0.179 e.